The van der Waals surface area contributed by atoms with E-state index in [2.05, 4.69) is 26.9 Å². The number of urea groups is 1. The summed E-state index contributed by atoms with van der Waals surface area (Å²) in [6, 6.07) is 14.9. The molecule has 1 fully saturated rings. The number of aryl methyl sites for hydroxylation is 1. The van der Waals surface area contributed by atoms with Crippen LogP contribution in [0.1, 0.15) is 24.8 Å². The van der Waals surface area contributed by atoms with Gasteiger partial charge in [-0.3, -0.25) is 4.79 Å². The quantitative estimate of drug-likeness (QED) is 0.755. The molecule has 6 heteroatoms. The fourth-order valence-corrected chi connectivity index (χ4v) is 3.20. The summed E-state index contributed by atoms with van der Waals surface area (Å²) in [5.74, 6) is -0.259. The fourth-order valence-electron chi connectivity index (χ4n) is 3.20. The number of amides is 3. The highest BCUT2D eigenvalue weighted by atomic mass is 16.2. The minimum absolute atomic E-state index is 0.0917. The van der Waals surface area contributed by atoms with Crippen molar-refractivity contribution in [2.75, 3.05) is 35.2 Å². The van der Waals surface area contributed by atoms with Gasteiger partial charge in [0.25, 0.3) is 0 Å². The molecular weight excluding hydrogens is 340 g/mol. The number of carbonyl (C=O) groups is 2. The van der Waals surface area contributed by atoms with Gasteiger partial charge in [-0.1, -0.05) is 18.2 Å². The average molecular weight is 366 g/mol. The molecule has 3 amide bonds. The zero-order valence-electron chi connectivity index (χ0n) is 15.6. The maximum atomic E-state index is 12.1. The monoisotopic (exact) mass is 366 g/mol. The van der Waals surface area contributed by atoms with Gasteiger partial charge < -0.3 is 20.9 Å². The largest absolute Gasteiger partial charge is 0.371 e. The van der Waals surface area contributed by atoms with E-state index < -0.39 is 6.03 Å². The van der Waals surface area contributed by atoms with Crippen molar-refractivity contribution >= 4 is 29.0 Å². The van der Waals surface area contributed by atoms with Crippen LogP contribution in [-0.2, 0) is 4.79 Å². The topological polar surface area (TPSA) is 73.5 Å². The van der Waals surface area contributed by atoms with Crippen molar-refractivity contribution in [2.24, 2.45) is 0 Å². The molecule has 6 nitrogen and oxygen atoms in total. The van der Waals surface area contributed by atoms with E-state index in [9.17, 15) is 9.59 Å². The van der Waals surface area contributed by atoms with Crippen molar-refractivity contribution in [3.05, 3.63) is 54.1 Å². The third kappa shape index (κ3) is 5.74. The van der Waals surface area contributed by atoms with Gasteiger partial charge >= 0.3 is 6.03 Å². The Labute approximate surface area is 159 Å². The summed E-state index contributed by atoms with van der Waals surface area (Å²) in [4.78, 5) is 26.4. The molecule has 2 aromatic carbocycles. The molecule has 1 heterocycles. The molecule has 0 spiro atoms. The summed E-state index contributed by atoms with van der Waals surface area (Å²) in [6.45, 7) is 3.97. The maximum absolute atomic E-state index is 12.1. The highest BCUT2D eigenvalue weighted by molar-refractivity contribution is 5.97. The van der Waals surface area contributed by atoms with Crippen LogP contribution in [0.2, 0.25) is 0 Å². The Morgan fingerprint density at radius 1 is 0.926 bits per heavy atom. The van der Waals surface area contributed by atoms with Crippen molar-refractivity contribution in [3.8, 4) is 0 Å². The number of hydrogen-bond donors (Lipinski definition) is 3. The lowest BCUT2D eigenvalue weighted by Crippen LogP contribution is -2.35. The smallest absolute Gasteiger partial charge is 0.319 e. The van der Waals surface area contributed by atoms with Crippen LogP contribution in [0.15, 0.2) is 48.5 Å². The number of nitrogens with zero attached hydrogens (tertiary/aromatic N) is 1. The first-order valence-electron chi connectivity index (χ1n) is 9.36. The molecule has 1 aliphatic rings. The van der Waals surface area contributed by atoms with E-state index in [1.54, 1.807) is 6.07 Å². The number of carbonyl (C=O) groups excluding carboxylic acids is 2. The summed E-state index contributed by atoms with van der Waals surface area (Å²) < 4.78 is 0. The van der Waals surface area contributed by atoms with E-state index in [1.807, 2.05) is 43.3 Å². The Hall–Kier alpha value is -3.02. The third-order valence-corrected chi connectivity index (χ3v) is 4.54. The van der Waals surface area contributed by atoms with Crippen molar-refractivity contribution in [3.63, 3.8) is 0 Å². The molecule has 0 aromatic heterocycles. The van der Waals surface area contributed by atoms with Crippen LogP contribution in [0.3, 0.4) is 0 Å². The van der Waals surface area contributed by atoms with Crippen LogP contribution in [0.4, 0.5) is 21.9 Å². The van der Waals surface area contributed by atoms with E-state index in [0.29, 0.717) is 5.69 Å². The predicted octanol–water partition coefficient (Wildman–Crippen LogP) is 3.75. The van der Waals surface area contributed by atoms with Gasteiger partial charge in [0.1, 0.15) is 0 Å². The molecule has 0 unspecified atom stereocenters. The third-order valence-electron chi connectivity index (χ3n) is 4.54. The average Bonchev–Trinajstić information content (AvgIpc) is 2.67. The number of anilines is 3. The number of hydrogen-bond acceptors (Lipinski definition) is 3. The number of piperidine rings is 1. The van der Waals surface area contributed by atoms with Gasteiger partial charge in [0.15, 0.2) is 0 Å². The first kappa shape index (κ1) is 18.8. The fraction of sp³-hybridized carbons (Fsp3) is 0.333. The normalized spacial score (nSPS) is 13.7. The lowest BCUT2D eigenvalue weighted by molar-refractivity contribution is -0.115. The molecule has 1 aliphatic heterocycles. The minimum Gasteiger partial charge on any atom is -0.371 e. The van der Waals surface area contributed by atoms with Crippen LogP contribution in [0.5, 0.6) is 0 Å². The zero-order chi connectivity index (χ0) is 19.1. The van der Waals surface area contributed by atoms with Gasteiger partial charge in [-0.2, -0.15) is 0 Å². The van der Waals surface area contributed by atoms with Gasteiger partial charge in [0, 0.05) is 30.2 Å². The standard InChI is InChI=1S/C21H26N4O2/c1-16-7-5-8-17(13-16)24-21(27)22-15-20(26)23-18-9-6-10-19(14-18)25-11-3-2-4-12-25/h5-10,13-14H,2-4,11-12,15H2,1H3,(H,23,26)(H2,22,24,27). The SMILES string of the molecule is Cc1cccc(NC(=O)NCC(=O)Nc2cccc(N3CCCCC3)c2)c1. The Kier molecular flexibility index (Phi) is 6.30. The molecule has 0 atom stereocenters. The van der Waals surface area contributed by atoms with Crippen molar-refractivity contribution in [2.45, 2.75) is 26.2 Å². The van der Waals surface area contributed by atoms with Crippen molar-refractivity contribution in [1.82, 2.24) is 5.32 Å². The Morgan fingerprint density at radius 3 is 2.37 bits per heavy atom. The van der Waals surface area contributed by atoms with Crippen molar-refractivity contribution < 1.29 is 9.59 Å². The molecule has 3 rings (SSSR count). The van der Waals surface area contributed by atoms with Crippen LogP contribution in [0, 0.1) is 6.92 Å². The van der Waals surface area contributed by atoms with Crippen LogP contribution >= 0.6 is 0 Å². The minimum atomic E-state index is -0.405. The molecule has 27 heavy (non-hydrogen) atoms. The summed E-state index contributed by atoms with van der Waals surface area (Å²) in [7, 11) is 0. The van der Waals surface area contributed by atoms with E-state index in [-0.39, 0.29) is 12.5 Å². The van der Waals surface area contributed by atoms with Gasteiger partial charge in [-0.05, 0) is 62.1 Å². The highest BCUT2D eigenvalue weighted by Gasteiger charge is 2.12. The zero-order valence-corrected chi connectivity index (χ0v) is 15.6. The van der Waals surface area contributed by atoms with E-state index in [0.717, 1.165) is 30.0 Å². The van der Waals surface area contributed by atoms with Gasteiger partial charge in [-0.25, -0.2) is 4.79 Å². The predicted molar refractivity (Wildman–Crippen MR) is 109 cm³/mol. The van der Waals surface area contributed by atoms with E-state index in [4.69, 9.17) is 0 Å². The van der Waals surface area contributed by atoms with Gasteiger partial charge in [0.2, 0.25) is 5.91 Å². The molecule has 2 aromatic rings. The van der Waals surface area contributed by atoms with Crippen LogP contribution < -0.4 is 20.9 Å². The second-order valence-electron chi connectivity index (χ2n) is 6.82. The molecule has 1 saturated heterocycles. The lowest BCUT2D eigenvalue weighted by atomic mass is 10.1. The summed E-state index contributed by atoms with van der Waals surface area (Å²) in [6.07, 6.45) is 3.69. The molecule has 0 bridgehead atoms. The molecular formula is C21H26N4O2. The highest BCUT2D eigenvalue weighted by Crippen LogP contribution is 2.22. The van der Waals surface area contributed by atoms with Gasteiger partial charge in [0.05, 0.1) is 6.54 Å². The lowest BCUT2D eigenvalue weighted by Gasteiger charge is -2.29. The molecule has 0 saturated carbocycles. The van der Waals surface area contributed by atoms with Crippen LogP contribution in [-0.4, -0.2) is 31.6 Å². The molecule has 142 valence electrons. The first-order chi connectivity index (χ1) is 13.1. The van der Waals surface area contributed by atoms with Gasteiger partial charge in [-0.15, -0.1) is 0 Å². The molecule has 3 N–H and O–H groups in total. The number of nitrogens with one attached hydrogen (secondary N) is 3. The van der Waals surface area contributed by atoms with E-state index >= 15 is 0 Å². The summed E-state index contributed by atoms with van der Waals surface area (Å²) in [5.41, 5.74) is 3.61. The maximum Gasteiger partial charge on any atom is 0.319 e. The number of rotatable bonds is 5. The Morgan fingerprint density at radius 2 is 1.63 bits per heavy atom. The second-order valence-corrected chi connectivity index (χ2v) is 6.82. The first-order valence-corrected chi connectivity index (χ1v) is 9.36. The van der Waals surface area contributed by atoms with Crippen molar-refractivity contribution in [1.29, 1.82) is 0 Å². The Bertz CT molecular complexity index is 800. The summed E-state index contributed by atoms with van der Waals surface area (Å²) >= 11 is 0. The Balaban J connectivity index is 1.48. The second kappa shape index (κ2) is 9.07. The summed E-state index contributed by atoms with van der Waals surface area (Å²) in [5, 5.41) is 8.14. The molecule has 0 aliphatic carbocycles. The number of benzene rings is 2. The van der Waals surface area contributed by atoms with E-state index in [1.165, 1.54) is 19.3 Å². The van der Waals surface area contributed by atoms with Crippen LogP contribution in [0.25, 0.3) is 0 Å². The molecule has 0 radical (unpaired) electrons.